The molecule has 0 aliphatic carbocycles. The standard InChI is InChI=1S/C20H33N2O/c1-4-6-7-8-9-10-13-16-23-17-22-19-15-12-11-14-18(19)21(3)20(22)5-2/h11-12,14-15H,4-10,13,16-17H2,1-3H3/q+1. The third-order valence-corrected chi connectivity index (χ3v) is 4.66. The van der Waals surface area contributed by atoms with E-state index in [-0.39, 0.29) is 0 Å². The lowest BCUT2D eigenvalue weighted by Gasteiger charge is -2.05. The summed E-state index contributed by atoms with van der Waals surface area (Å²) in [4.78, 5) is 0. The third kappa shape index (κ3) is 4.81. The maximum atomic E-state index is 5.96. The minimum absolute atomic E-state index is 0.667. The smallest absolute Gasteiger partial charge is 0.258 e. The number of para-hydroxylation sites is 2. The summed E-state index contributed by atoms with van der Waals surface area (Å²) in [5.74, 6) is 1.32. The van der Waals surface area contributed by atoms with E-state index in [1.807, 2.05) is 0 Å². The number of imidazole rings is 1. The summed E-state index contributed by atoms with van der Waals surface area (Å²) in [7, 11) is 2.15. The van der Waals surface area contributed by atoms with Crippen LogP contribution in [0.4, 0.5) is 0 Å². The van der Waals surface area contributed by atoms with Gasteiger partial charge in [0.2, 0.25) is 0 Å². The average Bonchev–Trinajstić information content (AvgIpc) is 2.85. The van der Waals surface area contributed by atoms with Gasteiger partial charge in [-0.1, -0.05) is 64.5 Å². The van der Waals surface area contributed by atoms with Crippen LogP contribution in [-0.2, 0) is 24.9 Å². The first kappa shape index (κ1) is 18.0. The van der Waals surface area contributed by atoms with Gasteiger partial charge >= 0.3 is 0 Å². The second kappa shape index (κ2) is 9.71. The summed E-state index contributed by atoms with van der Waals surface area (Å²) in [5.41, 5.74) is 2.55. The fourth-order valence-electron chi connectivity index (χ4n) is 3.32. The Labute approximate surface area is 141 Å². The Bertz CT molecular complexity index is 589. The molecule has 2 aromatic rings. The van der Waals surface area contributed by atoms with Gasteiger partial charge in [-0.3, -0.25) is 0 Å². The fraction of sp³-hybridized carbons (Fsp3) is 0.650. The Hall–Kier alpha value is -1.35. The predicted octanol–water partition coefficient (Wildman–Crippen LogP) is 4.75. The number of fused-ring (bicyclic) bond motifs is 1. The van der Waals surface area contributed by atoms with Crippen molar-refractivity contribution in [2.75, 3.05) is 6.61 Å². The average molecular weight is 317 g/mol. The zero-order chi connectivity index (χ0) is 16.5. The van der Waals surface area contributed by atoms with Crippen LogP contribution in [0.15, 0.2) is 24.3 Å². The number of rotatable bonds is 11. The molecule has 0 unspecified atom stereocenters. The molecule has 1 aromatic carbocycles. The summed E-state index contributed by atoms with van der Waals surface area (Å²) >= 11 is 0. The number of hydrogen-bond donors (Lipinski definition) is 0. The SMILES string of the molecule is CCCCCCCCCOCn1c(CC)[n+](C)c2ccccc21. The number of unbranched alkanes of at least 4 members (excludes halogenated alkanes) is 6. The number of aromatic nitrogens is 2. The highest BCUT2D eigenvalue weighted by Gasteiger charge is 2.20. The van der Waals surface area contributed by atoms with E-state index in [2.05, 4.69) is 54.3 Å². The topological polar surface area (TPSA) is 18.0 Å². The molecule has 0 atom stereocenters. The van der Waals surface area contributed by atoms with E-state index >= 15 is 0 Å². The molecule has 0 bridgehead atoms. The van der Waals surface area contributed by atoms with Crippen LogP contribution in [-0.4, -0.2) is 11.2 Å². The minimum Gasteiger partial charge on any atom is -0.342 e. The molecule has 3 nitrogen and oxygen atoms in total. The molecule has 23 heavy (non-hydrogen) atoms. The lowest BCUT2D eigenvalue weighted by molar-refractivity contribution is -0.654. The van der Waals surface area contributed by atoms with Crippen molar-refractivity contribution >= 4 is 11.0 Å². The van der Waals surface area contributed by atoms with Gasteiger partial charge in [-0.05, 0) is 18.6 Å². The van der Waals surface area contributed by atoms with E-state index in [0.717, 1.165) is 13.0 Å². The van der Waals surface area contributed by atoms with Crippen molar-refractivity contribution in [3.63, 3.8) is 0 Å². The molecule has 0 aliphatic heterocycles. The first-order chi connectivity index (χ1) is 11.3. The van der Waals surface area contributed by atoms with E-state index in [1.165, 1.54) is 61.8 Å². The van der Waals surface area contributed by atoms with Gasteiger partial charge in [0.1, 0.15) is 0 Å². The summed E-state index contributed by atoms with van der Waals surface area (Å²) in [6.45, 7) is 6.01. The van der Waals surface area contributed by atoms with Crippen molar-refractivity contribution in [2.45, 2.75) is 71.9 Å². The van der Waals surface area contributed by atoms with Crippen molar-refractivity contribution in [2.24, 2.45) is 7.05 Å². The molecule has 0 aliphatic rings. The van der Waals surface area contributed by atoms with Crippen LogP contribution < -0.4 is 4.57 Å². The first-order valence-corrected chi connectivity index (χ1v) is 9.33. The molecule has 128 valence electrons. The maximum absolute atomic E-state index is 5.96. The molecule has 3 heteroatoms. The Balaban J connectivity index is 1.79. The van der Waals surface area contributed by atoms with Crippen LogP contribution in [0.3, 0.4) is 0 Å². The van der Waals surface area contributed by atoms with Crippen molar-refractivity contribution in [3.05, 3.63) is 30.1 Å². The summed E-state index contributed by atoms with van der Waals surface area (Å²) in [6, 6.07) is 8.58. The van der Waals surface area contributed by atoms with Gasteiger partial charge in [-0.2, -0.15) is 0 Å². The van der Waals surface area contributed by atoms with Crippen LogP contribution in [0, 0.1) is 0 Å². The molecular formula is C20H33N2O+. The molecule has 1 heterocycles. The van der Waals surface area contributed by atoms with Gasteiger partial charge in [0.25, 0.3) is 5.82 Å². The molecule has 0 fully saturated rings. The van der Waals surface area contributed by atoms with Gasteiger partial charge in [-0.25, -0.2) is 9.13 Å². The number of ether oxygens (including phenoxy) is 1. The van der Waals surface area contributed by atoms with E-state index in [9.17, 15) is 0 Å². The quantitative estimate of drug-likeness (QED) is 0.432. The lowest BCUT2D eigenvalue weighted by atomic mass is 10.1. The molecule has 1 aromatic heterocycles. The van der Waals surface area contributed by atoms with Crippen LogP contribution in [0.5, 0.6) is 0 Å². The van der Waals surface area contributed by atoms with E-state index < -0.39 is 0 Å². The molecule has 2 rings (SSSR count). The van der Waals surface area contributed by atoms with Crippen molar-refractivity contribution in [1.29, 1.82) is 0 Å². The molecule has 0 radical (unpaired) electrons. The van der Waals surface area contributed by atoms with Crippen LogP contribution in [0.1, 0.15) is 64.6 Å². The Morgan fingerprint density at radius 3 is 2.39 bits per heavy atom. The molecule has 0 spiro atoms. The van der Waals surface area contributed by atoms with Crippen LogP contribution in [0.25, 0.3) is 11.0 Å². The Kier molecular flexibility index (Phi) is 7.60. The minimum atomic E-state index is 0.667. The zero-order valence-corrected chi connectivity index (χ0v) is 15.2. The fourth-order valence-corrected chi connectivity index (χ4v) is 3.32. The number of aryl methyl sites for hydroxylation is 1. The van der Waals surface area contributed by atoms with Gasteiger partial charge in [0, 0.05) is 6.42 Å². The monoisotopic (exact) mass is 317 g/mol. The van der Waals surface area contributed by atoms with Crippen LogP contribution >= 0.6 is 0 Å². The number of hydrogen-bond acceptors (Lipinski definition) is 1. The molecule has 0 amide bonds. The molecular weight excluding hydrogens is 284 g/mol. The highest BCUT2D eigenvalue weighted by Crippen LogP contribution is 2.15. The van der Waals surface area contributed by atoms with Crippen LogP contribution in [0.2, 0.25) is 0 Å². The zero-order valence-electron chi connectivity index (χ0n) is 15.2. The molecule has 0 N–H and O–H groups in total. The maximum Gasteiger partial charge on any atom is 0.258 e. The van der Waals surface area contributed by atoms with E-state index in [1.54, 1.807) is 0 Å². The van der Waals surface area contributed by atoms with Gasteiger partial charge < -0.3 is 4.74 Å². The van der Waals surface area contributed by atoms with Crippen molar-refractivity contribution < 1.29 is 9.30 Å². The second-order valence-electron chi connectivity index (χ2n) is 6.40. The summed E-state index contributed by atoms with van der Waals surface area (Å²) in [6.07, 6.45) is 10.3. The highest BCUT2D eigenvalue weighted by atomic mass is 16.5. The summed E-state index contributed by atoms with van der Waals surface area (Å²) < 4.78 is 10.6. The largest absolute Gasteiger partial charge is 0.342 e. The Morgan fingerprint density at radius 2 is 1.65 bits per heavy atom. The third-order valence-electron chi connectivity index (χ3n) is 4.66. The highest BCUT2D eigenvalue weighted by molar-refractivity contribution is 5.72. The summed E-state index contributed by atoms with van der Waals surface area (Å²) in [5, 5.41) is 0. The van der Waals surface area contributed by atoms with E-state index in [4.69, 9.17) is 4.74 Å². The van der Waals surface area contributed by atoms with Gasteiger partial charge in [0.15, 0.2) is 17.8 Å². The first-order valence-electron chi connectivity index (χ1n) is 9.33. The van der Waals surface area contributed by atoms with Gasteiger partial charge in [-0.15, -0.1) is 0 Å². The molecule has 0 saturated carbocycles. The predicted molar refractivity (Wildman–Crippen MR) is 96.4 cm³/mol. The van der Waals surface area contributed by atoms with Crippen molar-refractivity contribution in [3.8, 4) is 0 Å². The van der Waals surface area contributed by atoms with E-state index in [0.29, 0.717) is 6.73 Å². The van der Waals surface area contributed by atoms with Gasteiger partial charge in [0.05, 0.1) is 13.7 Å². The second-order valence-corrected chi connectivity index (χ2v) is 6.40. The lowest BCUT2D eigenvalue weighted by Crippen LogP contribution is -2.32. The number of benzene rings is 1. The molecule has 0 saturated heterocycles. The Morgan fingerprint density at radius 1 is 0.957 bits per heavy atom. The normalized spacial score (nSPS) is 11.4. The van der Waals surface area contributed by atoms with Crippen molar-refractivity contribution in [1.82, 2.24) is 4.57 Å². The number of nitrogens with zero attached hydrogens (tertiary/aromatic N) is 2.